The first-order valence-electron chi connectivity index (χ1n) is 13.2. The quantitative estimate of drug-likeness (QED) is 0.214. The molecule has 1 aromatic heterocycles. The zero-order valence-electron chi connectivity index (χ0n) is 21.9. The zero-order valence-corrected chi connectivity index (χ0v) is 21.9. The van der Waals surface area contributed by atoms with Crippen LogP contribution in [0, 0.1) is 35.8 Å². The van der Waals surface area contributed by atoms with E-state index in [-0.39, 0.29) is 22.7 Å². The number of aryl methyl sites for hydroxylation is 1. The molecule has 3 saturated heterocycles. The molecule has 4 heterocycles. The van der Waals surface area contributed by atoms with Crippen molar-refractivity contribution in [2.45, 2.75) is 13.0 Å². The van der Waals surface area contributed by atoms with Crippen molar-refractivity contribution in [2.24, 2.45) is 11.8 Å². The highest BCUT2D eigenvalue weighted by atomic mass is 19.1. The van der Waals surface area contributed by atoms with Gasteiger partial charge < -0.3 is 10.0 Å². The predicted molar refractivity (Wildman–Crippen MR) is 147 cm³/mol. The highest BCUT2D eigenvalue weighted by Gasteiger charge is 2.52. The molecule has 2 atom stereocenters. The highest BCUT2D eigenvalue weighted by Crippen LogP contribution is 2.43. The summed E-state index contributed by atoms with van der Waals surface area (Å²) in [4.78, 5) is 6.91. The number of nitrogens with two attached hydrogens (primary N) is 1. The minimum absolute atomic E-state index is 0.134. The van der Waals surface area contributed by atoms with E-state index in [9.17, 15) is 19.1 Å². The second-order valence-electron chi connectivity index (χ2n) is 11.0. The van der Waals surface area contributed by atoms with Gasteiger partial charge in [-0.2, -0.15) is 15.5 Å². The molecule has 2 unspecified atom stereocenters. The molecule has 0 radical (unpaired) electrons. The molecule has 0 saturated carbocycles. The SMILES string of the molecule is Cc1cc(F)cc(-c2cnc3ccc(-c4cc(F)cc(C#N)c4O)cc3c2N2CC(CN(N)N3CC4CN43)C2)c1. The first-order chi connectivity index (χ1) is 19.3. The van der Waals surface area contributed by atoms with Crippen LogP contribution in [0.5, 0.6) is 5.75 Å². The van der Waals surface area contributed by atoms with E-state index < -0.39 is 5.82 Å². The average Bonchev–Trinajstić information content (AvgIpc) is 3.54. The van der Waals surface area contributed by atoms with Crippen molar-refractivity contribution in [3.8, 4) is 34.1 Å². The van der Waals surface area contributed by atoms with E-state index in [4.69, 9.17) is 5.84 Å². The Labute approximate surface area is 230 Å². The van der Waals surface area contributed by atoms with Gasteiger partial charge in [0.2, 0.25) is 0 Å². The smallest absolute Gasteiger partial charge is 0.141 e. The second kappa shape index (κ2) is 9.21. The lowest BCUT2D eigenvalue weighted by Gasteiger charge is -2.46. The van der Waals surface area contributed by atoms with Gasteiger partial charge in [-0.3, -0.25) is 10.8 Å². The van der Waals surface area contributed by atoms with Crippen molar-refractivity contribution in [1.29, 1.82) is 5.26 Å². The first-order valence-corrected chi connectivity index (χ1v) is 13.2. The lowest BCUT2D eigenvalue weighted by atomic mass is 9.92. The van der Waals surface area contributed by atoms with Crippen LogP contribution in [0.15, 0.2) is 54.7 Å². The van der Waals surface area contributed by atoms with Crippen LogP contribution in [0.2, 0.25) is 0 Å². The van der Waals surface area contributed by atoms with E-state index in [1.165, 1.54) is 18.2 Å². The molecule has 8 nitrogen and oxygen atoms in total. The van der Waals surface area contributed by atoms with Crippen LogP contribution >= 0.6 is 0 Å². The maximum Gasteiger partial charge on any atom is 0.141 e. The molecule has 3 fully saturated rings. The number of aromatic nitrogens is 1. The molecule has 0 aliphatic carbocycles. The molecule has 7 rings (SSSR count). The third-order valence-electron chi connectivity index (χ3n) is 8.07. The molecule has 40 heavy (non-hydrogen) atoms. The molecular formula is C30H27F2N7O. The summed E-state index contributed by atoms with van der Waals surface area (Å²) in [5, 5.41) is 27.0. The first kappa shape index (κ1) is 24.9. The van der Waals surface area contributed by atoms with Gasteiger partial charge in [-0.05, 0) is 60.0 Å². The van der Waals surface area contributed by atoms with Gasteiger partial charge in [-0.15, -0.1) is 0 Å². The van der Waals surface area contributed by atoms with Crippen LogP contribution in [-0.4, -0.2) is 64.1 Å². The fraction of sp³-hybridized carbons (Fsp3) is 0.267. The molecular weight excluding hydrogens is 512 g/mol. The Kier molecular flexibility index (Phi) is 5.73. The number of nitriles is 1. The lowest BCUT2D eigenvalue weighted by molar-refractivity contribution is -0.191. The third-order valence-corrected chi connectivity index (χ3v) is 8.07. The fourth-order valence-corrected chi connectivity index (χ4v) is 5.97. The van der Waals surface area contributed by atoms with Gasteiger partial charge >= 0.3 is 0 Å². The number of anilines is 1. The van der Waals surface area contributed by atoms with Crippen LogP contribution in [0.3, 0.4) is 0 Å². The van der Waals surface area contributed by atoms with Crippen molar-refractivity contribution in [3.63, 3.8) is 0 Å². The van der Waals surface area contributed by atoms with Gasteiger partial charge in [0.15, 0.2) is 0 Å². The summed E-state index contributed by atoms with van der Waals surface area (Å²) in [6.45, 7) is 6.11. The number of benzene rings is 3. The summed E-state index contributed by atoms with van der Waals surface area (Å²) in [5.74, 6) is 5.46. The molecule has 10 heteroatoms. The lowest BCUT2D eigenvalue weighted by Crippen LogP contribution is -2.62. The molecule has 202 valence electrons. The van der Waals surface area contributed by atoms with Gasteiger partial charge in [0.05, 0.1) is 22.8 Å². The number of phenolic OH excluding ortho intramolecular Hbond substituents is 1. The van der Waals surface area contributed by atoms with E-state index in [0.29, 0.717) is 28.6 Å². The van der Waals surface area contributed by atoms with E-state index in [1.807, 2.05) is 31.2 Å². The summed E-state index contributed by atoms with van der Waals surface area (Å²) in [7, 11) is 0. The number of hydrazine groups is 3. The number of hydrogen-bond donors (Lipinski definition) is 2. The minimum atomic E-state index is -0.611. The number of halogens is 2. The Balaban J connectivity index is 1.30. The number of nitrogens with zero attached hydrogens (tertiary/aromatic N) is 6. The topological polar surface area (TPSA) is 95.7 Å². The largest absolute Gasteiger partial charge is 0.506 e. The maximum absolute atomic E-state index is 14.5. The zero-order chi connectivity index (χ0) is 27.7. The summed E-state index contributed by atoms with van der Waals surface area (Å²) >= 11 is 0. The predicted octanol–water partition coefficient (Wildman–Crippen LogP) is 4.17. The molecule has 4 aromatic rings. The number of phenols is 1. The molecule has 0 amide bonds. The molecule has 3 aliphatic heterocycles. The summed E-state index contributed by atoms with van der Waals surface area (Å²) in [6, 6.07) is 15.1. The second-order valence-corrected chi connectivity index (χ2v) is 11.0. The average molecular weight is 540 g/mol. The van der Waals surface area contributed by atoms with Crippen molar-refractivity contribution in [3.05, 3.63) is 77.5 Å². The Morgan fingerprint density at radius 3 is 2.52 bits per heavy atom. The fourth-order valence-electron chi connectivity index (χ4n) is 5.97. The highest BCUT2D eigenvalue weighted by molar-refractivity contribution is 6.02. The number of aromatic hydroxyl groups is 1. The van der Waals surface area contributed by atoms with Gasteiger partial charge in [0.1, 0.15) is 23.5 Å². The molecule has 3 aliphatic rings. The van der Waals surface area contributed by atoms with Crippen LogP contribution in [0.25, 0.3) is 33.2 Å². The van der Waals surface area contributed by atoms with E-state index in [0.717, 1.165) is 61.0 Å². The van der Waals surface area contributed by atoms with E-state index >= 15 is 0 Å². The third kappa shape index (κ3) is 4.15. The molecule has 0 spiro atoms. The number of hydrogen-bond acceptors (Lipinski definition) is 8. The number of rotatable bonds is 6. The molecule has 3 N–H and O–H groups in total. The van der Waals surface area contributed by atoms with Gasteiger partial charge in [0, 0.05) is 61.4 Å². The maximum atomic E-state index is 14.5. The monoisotopic (exact) mass is 539 g/mol. The number of pyridine rings is 1. The van der Waals surface area contributed by atoms with E-state index in [1.54, 1.807) is 17.4 Å². The number of fused-ring (bicyclic) bond motifs is 2. The van der Waals surface area contributed by atoms with Crippen LogP contribution in [-0.2, 0) is 0 Å². The standard InChI is InChI=1S/C30H27F2N7O/c1-17-4-20(6-22(31)5-17)27-11-35-28-3-2-19(25-9-23(32)7-21(10-33)30(25)40)8-26(28)29(27)36-12-18(13-36)14-38(34)39-16-24-15-37(24)39/h2-9,11,18,24,40H,12-16,34H2,1H3. The van der Waals surface area contributed by atoms with Gasteiger partial charge in [0.25, 0.3) is 0 Å². The molecule has 3 aromatic carbocycles. The van der Waals surface area contributed by atoms with Crippen LogP contribution < -0.4 is 10.7 Å². The Hall–Kier alpha value is -4.14. The Morgan fingerprint density at radius 1 is 1.02 bits per heavy atom. The van der Waals surface area contributed by atoms with Gasteiger partial charge in [-0.1, -0.05) is 12.1 Å². The van der Waals surface area contributed by atoms with Crippen molar-refractivity contribution >= 4 is 16.6 Å². The van der Waals surface area contributed by atoms with Crippen molar-refractivity contribution < 1.29 is 13.9 Å². The minimum Gasteiger partial charge on any atom is -0.506 e. The van der Waals surface area contributed by atoms with Crippen LogP contribution in [0.1, 0.15) is 11.1 Å². The Bertz CT molecular complexity index is 1690. The Morgan fingerprint density at radius 2 is 1.82 bits per heavy atom. The summed E-state index contributed by atoms with van der Waals surface area (Å²) in [6.07, 6.45) is 1.77. The summed E-state index contributed by atoms with van der Waals surface area (Å²) < 4.78 is 28.8. The van der Waals surface area contributed by atoms with E-state index in [2.05, 4.69) is 20.0 Å². The molecule has 0 bridgehead atoms. The normalized spacial score (nSPS) is 20.2. The van der Waals surface area contributed by atoms with Crippen LogP contribution in [0.4, 0.5) is 14.5 Å². The summed E-state index contributed by atoms with van der Waals surface area (Å²) in [5.41, 5.74) is 4.53. The van der Waals surface area contributed by atoms with Crippen molar-refractivity contribution in [1.82, 2.24) is 20.2 Å². The van der Waals surface area contributed by atoms with Crippen molar-refractivity contribution in [2.75, 3.05) is 37.6 Å². The van der Waals surface area contributed by atoms with Gasteiger partial charge in [-0.25, -0.2) is 13.8 Å².